The lowest BCUT2D eigenvalue weighted by molar-refractivity contribution is -0.147. The molecule has 5 nitrogen and oxygen atoms in total. The van der Waals surface area contributed by atoms with E-state index in [0.29, 0.717) is 19.4 Å². The lowest BCUT2D eigenvalue weighted by Crippen LogP contribution is -2.45. The SMILES string of the molecule is O=C(O)[C@H]1CC=CC[C@H]1C(=O)NCC1(CO)CCCCC1. The van der Waals surface area contributed by atoms with E-state index in [9.17, 15) is 19.8 Å². The molecule has 0 heterocycles. The number of carbonyl (C=O) groups is 2. The molecule has 0 aromatic rings. The summed E-state index contributed by atoms with van der Waals surface area (Å²) in [5, 5.41) is 21.8. The van der Waals surface area contributed by atoms with Crippen molar-refractivity contribution in [2.75, 3.05) is 13.2 Å². The molecule has 0 bridgehead atoms. The van der Waals surface area contributed by atoms with Gasteiger partial charge in [0.05, 0.1) is 18.4 Å². The molecular weight excluding hydrogens is 270 g/mol. The Balaban J connectivity index is 1.94. The van der Waals surface area contributed by atoms with Gasteiger partial charge in [-0.05, 0) is 25.7 Å². The van der Waals surface area contributed by atoms with Crippen LogP contribution in [0.25, 0.3) is 0 Å². The molecule has 2 rings (SSSR count). The molecule has 1 saturated carbocycles. The molecule has 3 N–H and O–H groups in total. The van der Waals surface area contributed by atoms with Crippen LogP contribution in [0.2, 0.25) is 0 Å². The van der Waals surface area contributed by atoms with E-state index in [0.717, 1.165) is 25.7 Å². The Labute approximate surface area is 125 Å². The average molecular weight is 295 g/mol. The number of aliphatic hydroxyl groups excluding tert-OH is 1. The van der Waals surface area contributed by atoms with Gasteiger partial charge >= 0.3 is 5.97 Å². The summed E-state index contributed by atoms with van der Waals surface area (Å²) in [4.78, 5) is 23.6. The van der Waals surface area contributed by atoms with Crippen LogP contribution in [-0.4, -0.2) is 35.2 Å². The van der Waals surface area contributed by atoms with Gasteiger partial charge in [-0.25, -0.2) is 0 Å². The van der Waals surface area contributed by atoms with Crippen LogP contribution in [0, 0.1) is 17.3 Å². The Morgan fingerprint density at radius 3 is 2.29 bits per heavy atom. The smallest absolute Gasteiger partial charge is 0.307 e. The van der Waals surface area contributed by atoms with Crippen LogP contribution in [0.3, 0.4) is 0 Å². The molecule has 0 aromatic carbocycles. The molecule has 0 saturated heterocycles. The molecule has 0 unspecified atom stereocenters. The van der Waals surface area contributed by atoms with Crippen molar-refractivity contribution < 1.29 is 19.8 Å². The van der Waals surface area contributed by atoms with Gasteiger partial charge in [-0.2, -0.15) is 0 Å². The number of carbonyl (C=O) groups excluding carboxylic acids is 1. The molecule has 0 radical (unpaired) electrons. The third-order valence-corrected chi connectivity index (χ3v) is 4.97. The Kier molecular flexibility index (Phi) is 5.39. The average Bonchev–Trinajstić information content (AvgIpc) is 2.53. The first-order valence-electron chi connectivity index (χ1n) is 7.84. The van der Waals surface area contributed by atoms with Crippen molar-refractivity contribution in [1.82, 2.24) is 5.32 Å². The second-order valence-electron chi connectivity index (χ2n) is 6.43. The van der Waals surface area contributed by atoms with Crippen LogP contribution in [0.15, 0.2) is 12.2 Å². The van der Waals surface area contributed by atoms with Gasteiger partial charge in [-0.3, -0.25) is 9.59 Å². The minimum atomic E-state index is -0.908. The Morgan fingerprint density at radius 2 is 1.71 bits per heavy atom. The van der Waals surface area contributed by atoms with Gasteiger partial charge < -0.3 is 15.5 Å². The fourth-order valence-electron chi connectivity index (χ4n) is 3.48. The number of aliphatic hydroxyl groups is 1. The number of allylic oxidation sites excluding steroid dienone is 2. The van der Waals surface area contributed by atoms with Gasteiger partial charge in [-0.15, -0.1) is 0 Å². The molecule has 0 aliphatic heterocycles. The summed E-state index contributed by atoms with van der Waals surface area (Å²) in [5.74, 6) is -2.22. The quantitative estimate of drug-likeness (QED) is 0.674. The molecule has 1 amide bonds. The van der Waals surface area contributed by atoms with E-state index in [1.807, 2.05) is 12.2 Å². The van der Waals surface area contributed by atoms with E-state index in [4.69, 9.17) is 0 Å². The minimum absolute atomic E-state index is 0.0835. The summed E-state index contributed by atoms with van der Waals surface area (Å²) in [6, 6.07) is 0. The van der Waals surface area contributed by atoms with E-state index in [1.54, 1.807) is 0 Å². The standard InChI is InChI=1S/C16H25NO4/c18-11-16(8-4-1-5-9-16)10-17-14(19)12-6-2-3-7-13(12)15(20)21/h2-3,12-13,18H,1,4-11H2,(H,17,19)(H,20,21)/t12-,13+/m1/s1. The largest absolute Gasteiger partial charge is 0.481 e. The second kappa shape index (κ2) is 7.07. The van der Waals surface area contributed by atoms with Crippen molar-refractivity contribution in [3.8, 4) is 0 Å². The molecular formula is C16H25NO4. The first kappa shape index (κ1) is 16.0. The molecule has 2 atom stereocenters. The summed E-state index contributed by atoms with van der Waals surface area (Å²) < 4.78 is 0. The number of amides is 1. The van der Waals surface area contributed by atoms with E-state index in [1.165, 1.54) is 6.42 Å². The van der Waals surface area contributed by atoms with Crippen LogP contribution in [-0.2, 0) is 9.59 Å². The summed E-state index contributed by atoms with van der Waals surface area (Å²) in [6.07, 6.45) is 9.82. The molecule has 0 aromatic heterocycles. The van der Waals surface area contributed by atoms with Gasteiger partial charge in [0.1, 0.15) is 0 Å². The van der Waals surface area contributed by atoms with Crippen LogP contribution < -0.4 is 5.32 Å². The zero-order valence-electron chi connectivity index (χ0n) is 12.4. The summed E-state index contributed by atoms with van der Waals surface area (Å²) in [7, 11) is 0. The van der Waals surface area contributed by atoms with E-state index in [-0.39, 0.29) is 17.9 Å². The fourth-order valence-corrected chi connectivity index (χ4v) is 3.48. The fraction of sp³-hybridized carbons (Fsp3) is 0.750. The van der Waals surface area contributed by atoms with E-state index < -0.39 is 17.8 Å². The summed E-state index contributed by atoms with van der Waals surface area (Å²) in [6.45, 7) is 0.537. The number of hydrogen-bond acceptors (Lipinski definition) is 3. The van der Waals surface area contributed by atoms with E-state index in [2.05, 4.69) is 5.32 Å². The number of carboxylic acid groups (broad SMARTS) is 1. The predicted octanol–water partition coefficient (Wildman–Crippen LogP) is 1.71. The molecule has 118 valence electrons. The Morgan fingerprint density at radius 1 is 1.10 bits per heavy atom. The zero-order valence-corrected chi connectivity index (χ0v) is 12.4. The molecule has 2 aliphatic rings. The molecule has 0 spiro atoms. The number of rotatable bonds is 5. The van der Waals surface area contributed by atoms with Gasteiger partial charge in [0.25, 0.3) is 0 Å². The van der Waals surface area contributed by atoms with Crippen LogP contribution >= 0.6 is 0 Å². The van der Waals surface area contributed by atoms with Gasteiger partial charge in [-0.1, -0.05) is 31.4 Å². The minimum Gasteiger partial charge on any atom is -0.481 e. The number of nitrogens with one attached hydrogen (secondary N) is 1. The number of aliphatic carboxylic acids is 1. The third kappa shape index (κ3) is 3.84. The van der Waals surface area contributed by atoms with E-state index >= 15 is 0 Å². The predicted molar refractivity (Wildman–Crippen MR) is 78.6 cm³/mol. The Bertz CT molecular complexity index is 413. The normalized spacial score (nSPS) is 28.0. The van der Waals surface area contributed by atoms with Crippen LogP contribution in [0.1, 0.15) is 44.9 Å². The van der Waals surface area contributed by atoms with Crippen molar-refractivity contribution in [2.24, 2.45) is 17.3 Å². The topological polar surface area (TPSA) is 86.6 Å². The Hall–Kier alpha value is -1.36. The maximum absolute atomic E-state index is 12.3. The van der Waals surface area contributed by atoms with Gasteiger partial charge in [0, 0.05) is 12.0 Å². The first-order chi connectivity index (χ1) is 10.1. The first-order valence-corrected chi connectivity index (χ1v) is 7.84. The maximum Gasteiger partial charge on any atom is 0.307 e. The number of carboxylic acids is 1. The lowest BCUT2D eigenvalue weighted by Gasteiger charge is -2.36. The summed E-state index contributed by atoms with van der Waals surface area (Å²) >= 11 is 0. The molecule has 2 aliphatic carbocycles. The van der Waals surface area contributed by atoms with Crippen LogP contribution in [0.4, 0.5) is 0 Å². The zero-order chi connectivity index (χ0) is 15.3. The molecule has 21 heavy (non-hydrogen) atoms. The maximum atomic E-state index is 12.3. The second-order valence-corrected chi connectivity index (χ2v) is 6.43. The van der Waals surface area contributed by atoms with Crippen molar-refractivity contribution in [2.45, 2.75) is 44.9 Å². The lowest BCUT2D eigenvalue weighted by atomic mass is 9.74. The van der Waals surface area contributed by atoms with Gasteiger partial charge in [0.15, 0.2) is 0 Å². The number of hydrogen-bond donors (Lipinski definition) is 3. The highest BCUT2D eigenvalue weighted by molar-refractivity contribution is 5.85. The van der Waals surface area contributed by atoms with Crippen LogP contribution in [0.5, 0.6) is 0 Å². The van der Waals surface area contributed by atoms with Crippen molar-refractivity contribution >= 4 is 11.9 Å². The van der Waals surface area contributed by atoms with Gasteiger partial charge in [0.2, 0.25) is 5.91 Å². The highest BCUT2D eigenvalue weighted by Gasteiger charge is 2.36. The monoisotopic (exact) mass is 295 g/mol. The molecule has 5 heteroatoms. The van der Waals surface area contributed by atoms with Crippen molar-refractivity contribution in [3.05, 3.63) is 12.2 Å². The summed E-state index contributed by atoms with van der Waals surface area (Å²) in [5.41, 5.74) is -0.211. The molecule has 1 fully saturated rings. The van der Waals surface area contributed by atoms with Crippen molar-refractivity contribution in [3.63, 3.8) is 0 Å². The van der Waals surface area contributed by atoms with Crippen molar-refractivity contribution in [1.29, 1.82) is 0 Å². The third-order valence-electron chi connectivity index (χ3n) is 4.97. The highest BCUT2D eigenvalue weighted by Crippen LogP contribution is 2.35. The highest BCUT2D eigenvalue weighted by atomic mass is 16.4.